The summed E-state index contributed by atoms with van der Waals surface area (Å²) in [6.07, 6.45) is 1.75. The Morgan fingerprint density at radius 3 is 2.59 bits per heavy atom. The van der Waals surface area contributed by atoms with Crippen molar-refractivity contribution in [2.45, 2.75) is 25.8 Å². The molecule has 1 heterocycles. The highest BCUT2D eigenvalue weighted by atomic mass is 35.5. The number of carboxylic acids is 1. The normalized spacial score (nSPS) is 16.4. The highest BCUT2D eigenvalue weighted by molar-refractivity contribution is 6.31. The van der Waals surface area contributed by atoms with Crippen LogP contribution in [-0.2, 0) is 16.1 Å². The minimum Gasteiger partial charge on any atom is -0.481 e. The van der Waals surface area contributed by atoms with Crippen LogP contribution in [0.25, 0.3) is 0 Å². The Balaban J connectivity index is 1.66. The fourth-order valence-electron chi connectivity index (χ4n) is 2.59. The first-order valence-electron chi connectivity index (χ1n) is 7.51. The molecule has 1 amide bonds. The smallest absolute Gasteiger partial charge is 0.306 e. The van der Waals surface area contributed by atoms with Crippen molar-refractivity contribution >= 4 is 23.5 Å². The van der Waals surface area contributed by atoms with Gasteiger partial charge in [0.1, 0.15) is 0 Å². The minimum absolute atomic E-state index is 0.0136. The summed E-state index contributed by atoms with van der Waals surface area (Å²) in [5.41, 5.74) is 0.903. The quantitative estimate of drug-likeness (QED) is 0.841. The molecule has 2 N–H and O–H groups in total. The molecule has 6 heteroatoms. The highest BCUT2D eigenvalue weighted by Crippen LogP contribution is 2.17. The molecular formula is C16H21ClN2O3. The number of halogens is 1. The van der Waals surface area contributed by atoms with Gasteiger partial charge in [-0.15, -0.1) is 0 Å². The van der Waals surface area contributed by atoms with E-state index in [1.807, 2.05) is 18.2 Å². The first-order chi connectivity index (χ1) is 10.6. The maximum atomic E-state index is 11.9. The van der Waals surface area contributed by atoms with Gasteiger partial charge in [0.2, 0.25) is 5.91 Å². The average Bonchev–Trinajstić information content (AvgIpc) is 2.52. The number of carbonyl (C=O) groups excluding carboxylic acids is 1. The van der Waals surface area contributed by atoms with E-state index in [0.29, 0.717) is 37.4 Å². The zero-order valence-corrected chi connectivity index (χ0v) is 13.2. The summed E-state index contributed by atoms with van der Waals surface area (Å²) >= 11 is 6.04. The van der Waals surface area contributed by atoms with Gasteiger partial charge in [0.05, 0.1) is 5.92 Å². The zero-order valence-electron chi connectivity index (χ0n) is 12.4. The van der Waals surface area contributed by atoms with E-state index in [9.17, 15) is 9.59 Å². The van der Waals surface area contributed by atoms with Gasteiger partial charge in [-0.05, 0) is 37.6 Å². The summed E-state index contributed by atoms with van der Waals surface area (Å²) in [5.74, 6) is -0.956. The maximum absolute atomic E-state index is 11.9. The second-order valence-corrected chi connectivity index (χ2v) is 5.98. The van der Waals surface area contributed by atoms with Crippen molar-refractivity contribution in [3.63, 3.8) is 0 Å². The lowest BCUT2D eigenvalue weighted by Gasteiger charge is -2.29. The van der Waals surface area contributed by atoms with Crippen molar-refractivity contribution in [3.8, 4) is 0 Å². The van der Waals surface area contributed by atoms with Crippen LogP contribution in [0.3, 0.4) is 0 Å². The molecular weight excluding hydrogens is 304 g/mol. The molecule has 1 saturated heterocycles. The number of piperidine rings is 1. The summed E-state index contributed by atoms with van der Waals surface area (Å²) in [6, 6.07) is 7.43. The van der Waals surface area contributed by atoms with E-state index in [0.717, 1.165) is 18.7 Å². The Morgan fingerprint density at radius 2 is 1.95 bits per heavy atom. The van der Waals surface area contributed by atoms with Gasteiger partial charge in [0.25, 0.3) is 0 Å². The van der Waals surface area contributed by atoms with E-state index < -0.39 is 5.97 Å². The standard InChI is InChI=1S/C16H21ClN2O3/c17-14-4-2-1-3-13(14)11-18-15(20)7-10-19-8-5-12(6-9-19)16(21)22/h1-4,12H,5-11H2,(H,18,20)(H,21,22). The predicted molar refractivity (Wildman–Crippen MR) is 84.7 cm³/mol. The van der Waals surface area contributed by atoms with Crippen LogP contribution in [0.5, 0.6) is 0 Å². The van der Waals surface area contributed by atoms with Crippen molar-refractivity contribution in [2.24, 2.45) is 5.92 Å². The molecule has 1 aliphatic rings. The minimum atomic E-state index is -0.711. The van der Waals surface area contributed by atoms with Crippen LogP contribution in [-0.4, -0.2) is 41.5 Å². The Labute approximate surface area is 135 Å². The summed E-state index contributed by atoms with van der Waals surface area (Å²) < 4.78 is 0. The summed E-state index contributed by atoms with van der Waals surface area (Å²) in [4.78, 5) is 24.9. The van der Waals surface area contributed by atoms with E-state index in [1.54, 1.807) is 6.07 Å². The number of carboxylic acid groups (broad SMARTS) is 1. The molecule has 0 spiro atoms. The third-order valence-corrected chi connectivity index (χ3v) is 4.39. The second-order valence-electron chi connectivity index (χ2n) is 5.57. The Kier molecular flexibility index (Phi) is 6.21. The SMILES string of the molecule is O=C(CCN1CCC(C(=O)O)CC1)NCc1ccccc1Cl. The van der Waals surface area contributed by atoms with Gasteiger partial charge in [0, 0.05) is 24.5 Å². The summed E-state index contributed by atoms with van der Waals surface area (Å²) in [6.45, 7) is 2.59. The van der Waals surface area contributed by atoms with E-state index in [-0.39, 0.29) is 11.8 Å². The van der Waals surface area contributed by atoms with E-state index in [4.69, 9.17) is 16.7 Å². The molecule has 120 valence electrons. The number of hydrogen-bond acceptors (Lipinski definition) is 3. The third kappa shape index (κ3) is 5.00. The lowest BCUT2D eigenvalue weighted by molar-refractivity contribution is -0.143. The number of likely N-dealkylation sites (tertiary alicyclic amines) is 1. The van der Waals surface area contributed by atoms with E-state index >= 15 is 0 Å². The van der Waals surface area contributed by atoms with Crippen molar-refractivity contribution in [3.05, 3.63) is 34.9 Å². The molecule has 2 rings (SSSR count). The van der Waals surface area contributed by atoms with Crippen LogP contribution < -0.4 is 5.32 Å². The van der Waals surface area contributed by atoms with Gasteiger partial charge in [-0.25, -0.2) is 0 Å². The third-order valence-electron chi connectivity index (χ3n) is 4.03. The number of nitrogens with one attached hydrogen (secondary N) is 1. The topological polar surface area (TPSA) is 69.6 Å². The summed E-state index contributed by atoms with van der Waals surface area (Å²) in [5, 5.41) is 12.5. The van der Waals surface area contributed by atoms with Crippen LogP contribution in [0.2, 0.25) is 5.02 Å². The van der Waals surface area contributed by atoms with Gasteiger partial charge < -0.3 is 15.3 Å². The molecule has 0 atom stereocenters. The van der Waals surface area contributed by atoms with Gasteiger partial charge in [-0.2, -0.15) is 0 Å². The molecule has 5 nitrogen and oxygen atoms in total. The molecule has 0 aromatic heterocycles. The predicted octanol–water partition coefficient (Wildman–Crippen LogP) is 2.14. The lowest BCUT2D eigenvalue weighted by Crippen LogP contribution is -2.38. The molecule has 0 bridgehead atoms. The maximum Gasteiger partial charge on any atom is 0.306 e. The van der Waals surface area contributed by atoms with E-state index in [1.165, 1.54) is 0 Å². The Morgan fingerprint density at radius 1 is 1.27 bits per heavy atom. The van der Waals surface area contributed by atoms with E-state index in [2.05, 4.69) is 10.2 Å². The molecule has 1 aromatic rings. The van der Waals surface area contributed by atoms with Gasteiger partial charge in [-0.1, -0.05) is 29.8 Å². The molecule has 1 aliphatic heterocycles. The molecule has 0 aliphatic carbocycles. The van der Waals surface area contributed by atoms with Crippen LogP contribution >= 0.6 is 11.6 Å². The van der Waals surface area contributed by atoms with Crippen LogP contribution in [0.4, 0.5) is 0 Å². The van der Waals surface area contributed by atoms with Crippen molar-refractivity contribution in [1.29, 1.82) is 0 Å². The van der Waals surface area contributed by atoms with Crippen LogP contribution in [0, 0.1) is 5.92 Å². The first kappa shape index (κ1) is 16.8. The Hall–Kier alpha value is -1.59. The van der Waals surface area contributed by atoms with Crippen LogP contribution in [0.15, 0.2) is 24.3 Å². The number of rotatable bonds is 6. The van der Waals surface area contributed by atoms with Crippen molar-refractivity contribution < 1.29 is 14.7 Å². The largest absolute Gasteiger partial charge is 0.481 e. The molecule has 1 aromatic carbocycles. The van der Waals surface area contributed by atoms with Gasteiger partial charge in [0.15, 0.2) is 0 Å². The van der Waals surface area contributed by atoms with Gasteiger partial charge in [-0.3, -0.25) is 9.59 Å². The molecule has 1 fully saturated rings. The monoisotopic (exact) mass is 324 g/mol. The number of amides is 1. The average molecular weight is 325 g/mol. The van der Waals surface area contributed by atoms with Gasteiger partial charge >= 0.3 is 5.97 Å². The fraction of sp³-hybridized carbons (Fsp3) is 0.500. The van der Waals surface area contributed by atoms with Crippen molar-refractivity contribution in [2.75, 3.05) is 19.6 Å². The number of nitrogens with zero attached hydrogens (tertiary/aromatic N) is 1. The highest BCUT2D eigenvalue weighted by Gasteiger charge is 2.24. The summed E-state index contributed by atoms with van der Waals surface area (Å²) in [7, 11) is 0. The second kappa shape index (κ2) is 8.15. The molecule has 0 saturated carbocycles. The zero-order chi connectivity index (χ0) is 15.9. The number of benzene rings is 1. The Bertz CT molecular complexity index is 528. The number of hydrogen-bond donors (Lipinski definition) is 2. The fourth-order valence-corrected chi connectivity index (χ4v) is 2.79. The van der Waals surface area contributed by atoms with Crippen LogP contribution in [0.1, 0.15) is 24.8 Å². The molecule has 22 heavy (non-hydrogen) atoms. The lowest BCUT2D eigenvalue weighted by atomic mass is 9.97. The number of carbonyl (C=O) groups is 2. The molecule has 0 unspecified atom stereocenters. The molecule has 0 radical (unpaired) electrons. The first-order valence-corrected chi connectivity index (χ1v) is 7.89. The van der Waals surface area contributed by atoms with Crippen molar-refractivity contribution in [1.82, 2.24) is 10.2 Å². The number of aliphatic carboxylic acids is 1.